The molecule has 1 aromatic carbocycles. The maximum absolute atomic E-state index is 12.8. The third-order valence-electron chi connectivity index (χ3n) is 3.37. The Labute approximate surface area is 114 Å². The quantitative estimate of drug-likeness (QED) is 0.770. The first-order chi connectivity index (χ1) is 8.93. The van der Waals surface area contributed by atoms with Crippen LogP contribution < -0.4 is 4.90 Å². The first-order valence-corrected chi connectivity index (χ1v) is 6.36. The van der Waals surface area contributed by atoms with Crippen molar-refractivity contribution in [1.82, 2.24) is 0 Å². The molecule has 1 saturated heterocycles. The van der Waals surface area contributed by atoms with Crippen LogP contribution >= 0.6 is 11.6 Å². The van der Waals surface area contributed by atoms with Gasteiger partial charge < -0.3 is 4.90 Å². The van der Waals surface area contributed by atoms with E-state index in [-0.39, 0.29) is 23.6 Å². The third-order valence-corrected chi connectivity index (χ3v) is 3.70. The van der Waals surface area contributed by atoms with Crippen molar-refractivity contribution in [2.45, 2.75) is 19.0 Å². The van der Waals surface area contributed by atoms with Gasteiger partial charge in [0, 0.05) is 18.8 Å². The Kier molecular flexibility index (Phi) is 4.04. The fourth-order valence-electron chi connectivity index (χ4n) is 2.38. The van der Waals surface area contributed by atoms with Crippen molar-refractivity contribution in [1.29, 1.82) is 0 Å². The average Bonchev–Trinajstić information content (AvgIpc) is 2.37. The summed E-state index contributed by atoms with van der Waals surface area (Å²) in [7, 11) is 0. The van der Waals surface area contributed by atoms with Crippen LogP contribution in [0.4, 0.5) is 18.9 Å². The highest BCUT2D eigenvalue weighted by Crippen LogP contribution is 2.36. The Morgan fingerprint density at radius 1 is 1.37 bits per heavy atom. The SMILES string of the molecule is O=Cc1c(Cl)cccc1N1CCCC(C(F)(F)F)C1. The number of halogens is 4. The number of hydrogen-bond donors (Lipinski definition) is 0. The summed E-state index contributed by atoms with van der Waals surface area (Å²) in [6.07, 6.45) is -3.01. The Balaban J connectivity index is 2.27. The van der Waals surface area contributed by atoms with E-state index in [0.717, 1.165) is 0 Å². The van der Waals surface area contributed by atoms with E-state index in [1.165, 1.54) is 0 Å². The Morgan fingerprint density at radius 3 is 2.74 bits per heavy atom. The number of anilines is 1. The predicted molar refractivity (Wildman–Crippen MR) is 67.8 cm³/mol. The van der Waals surface area contributed by atoms with Crippen molar-refractivity contribution in [2.24, 2.45) is 5.92 Å². The molecule has 0 bridgehead atoms. The highest BCUT2D eigenvalue weighted by Gasteiger charge is 2.42. The Hall–Kier alpha value is -1.23. The van der Waals surface area contributed by atoms with Gasteiger partial charge in [-0.15, -0.1) is 0 Å². The molecule has 0 N–H and O–H groups in total. The molecule has 2 rings (SSSR count). The first-order valence-electron chi connectivity index (χ1n) is 5.99. The lowest BCUT2D eigenvalue weighted by molar-refractivity contribution is -0.175. The van der Waals surface area contributed by atoms with Crippen molar-refractivity contribution in [3.63, 3.8) is 0 Å². The van der Waals surface area contributed by atoms with E-state index in [9.17, 15) is 18.0 Å². The molecule has 1 aliphatic rings. The van der Waals surface area contributed by atoms with Crippen molar-refractivity contribution < 1.29 is 18.0 Å². The lowest BCUT2D eigenvalue weighted by Crippen LogP contribution is -2.42. The highest BCUT2D eigenvalue weighted by atomic mass is 35.5. The fourth-order valence-corrected chi connectivity index (χ4v) is 2.60. The zero-order valence-electron chi connectivity index (χ0n) is 10.1. The van der Waals surface area contributed by atoms with E-state index in [1.807, 2.05) is 0 Å². The van der Waals surface area contributed by atoms with Crippen LogP contribution in [-0.2, 0) is 0 Å². The second kappa shape index (κ2) is 5.41. The molecular formula is C13H13ClF3NO. The number of rotatable bonds is 2. The third kappa shape index (κ3) is 3.03. The molecule has 0 spiro atoms. The number of alkyl halides is 3. The minimum atomic E-state index is -4.20. The summed E-state index contributed by atoms with van der Waals surface area (Å²) in [5.74, 6) is -1.35. The van der Waals surface area contributed by atoms with Gasteiger partial charge in [0.05, 0.1) is 16.5 Å². The standard InChI is InChI=1S/C13H13ClF3NO/c14-11-4-1-5-12(10(11)8-19)18-6-2-3-9(7-18)13(15,16)17/h1,4-5,8-9H,2-3,6-7H2. The van der Waals surface area contributed by atoms with Crippen LogP contribution in [-0.4, -0.2) is 25.6 Å². The first kappa shape index (κ1) is 14.2. The molecule has 104 valence electrons. The fraction of sp³-hybridized carbons (Fsp3) is 0.462. The summed E-state index contributed by atoms with van der Waals surface area (Å²) in [5, 5.41) is 0.265. The number of aldehydes is 1. The molecule has 0 amide bonds. The van der Waals surface area contributed by atoms with Gasteiger partial charge in [0.2, 0.25) is 0 Å². The highest BCUT2D eigenvalue weighted by molar-refractivity contribution is 6.33. The molecule has 2 nitrogen and oxygen atoms in total. The summed E-state index contributed by atoms with van der Waals surface area (Å²) < 4.78 is 38.3. The molecule has 6 heteroatoms. The van der Waals surface area contributed by atoms with Gasteiger partial charge in [-0.1, -0.05) is 17.7 Å². The Morgan fingerprint density at radius 2 is 2.11 bits per heavy atom. The molecule has 1 aliphatic heterocycles. The van der Waals surface area contributed by atoms with E-state index >= 15 is 0 Å². The number of hydrogen-bond acceptors (Lipinski definition) is 2. The van der Waals surface area contributed by atoms with Crippen LogP contribution in [0.1, 0.15) is 23.2 Å². The molecule has 1 fully saturated rings. The summed E-state index contributed by atoms with van der Waals surface area (Å²) in [6, 6.07) is 4.83. The minimum Gasteiger partial charge on any atom is -0.370 e. The van der Waals surface area contributed by atoms with Crippen LogP contribution in [0.2, 0.25) is 5.02 Å². The molecule has 1 aromatic rings. The summed E-state index contributed by atoms with van der Waals surface area (Å²) in [4.78, 5) is 12.6. The largest absolute Gasteiger partial charge is 0.393 e. The number of carbonyl (C=O) groups is 1. The average molecular weight is 292 g/mol. The van der Waals surface area contributed by atoms with E-state index < -0.39 is 12.1 Å². The van der Waals surface area contributed by atoms with Crippen molar-refractivity contribution in [2.75, 3.05) is 18.0 Å². The second-order valence-corrected chi connectivity index (χ2v) is 5.02. The summed E-state index contributed by atoms with van der Waals surface area (Å²) in [6.45, 7) is 0.387. The van der Waals surface area contributed by atoms with E-state index in [4.69, 9.17) is 11.6 Å². The van der Waals surface area contributed by atoms with Crippen LogP contribution in [0.5, 0.6) is 0 Å². The normalized spacial score (nSPS) is 20.4. The van der Waals surface area contributed by atoms with E-state index in [0.29, 0.717) is 24.9 Å². The van der Waals surface area contributed by atoms with Crippen molar-refractivity contribution >= 4 is 23.6 Å². The second-order valence-electron chi connectivity index (χ2n) is 4.62. The molecule has 0 saturated carbocycles. The number of piperidine rings is 1. The van der Waals surface area contributed by atoms with Gasteiger partial charge in [0.15, 0.2) is 6.29 Å². The molecule has 0 aromatic heterocycles. The molecular weight excluding hydrogens is 279 g/mol. The van der Waals surface area contributed by atoms with Crippen molar-refractivity contribution in [3.05, 3.63) is 28.8 Å². The maximum atomic E-state index is 12.8. The van der Waals surface area contributed by atoms with Crippen molar-refractivity contribution in [3.8, 4) is 0 Å². The minimum absolute atomic E-state index is 0.120. The molecule has 1 atom stereocenters. The number of nitrogens with zero attached hydrogens (tertiary/aromatic N) is 1. The van der Waals surface area contributed by atoms with Gasteiger partial charge in [0.25, 0.3) is 0 Å². The van der Waals surface area contributed by atoms with Gasteiger partial charge in [-0.2, -0.15) is 13.2 Å². The zero-order chi connectivity index (χ0) is 14.0. The monoisotopic (exact) mass is 291 g/mol. The Bertz CT molecular complexity index is 475. The van der Waals surface area contributed by atoms with Crippen LogP contribution in [0.3, 0.4) is 0 Å². The summed E-state index contributed by atoms with van der Waals surface area (Å²) in [5.41, 5.74) is 0.739. The van der Waals surface area contributed by atoms with Gasteiger partial charge in [-0.25, -0.2) is 0 Å². The lowest BCUT2D eigenvalue weighted by atomic mass is 9.96. The molecule has 0 radical (unpaired) electrons. The number of benzene rings is 1. The number of carbonyl (C=O) groups excluding carboxylic acids is 1. The predicted octanol–water partition coefficient (Wildman–Crippen LogP) is 3.93. The zero-order valence-corrected chi connectivity index (χ0v) is 10.8. The smallest absolute Gasteiger partial charge is 0.370 e. The van der Waals surface area contributed by atoms with Gasteiger partial charge in [0.1, 0.15) is 0 Å². The molecule has 0 aliphatic carbocycles. The maximum Gasteiger partial charge on any atom is 0.393 e. The van der Waals surface area contributed by atoms with Crippen LogP contribution in [0, 0.1) is 5.92 Å². The lowest BCUT2D eigenvalue weighted by Gasteiger charge is -2.36. The molecule has 1 heterocycles. The molecule has 19 heavy (non-hydrogen) atoms. The molecule has 1 unspecified atom stereocenters. The van der Waals surface area contributed by atoms with Gasteiger partial charge in [-0.3, -0.25) is 4.79 Å². The summed E-state index contributed by atoms with van der Waals surface area (Å²) >= 11 is 5.89. The topological polar surface area (TPSA) is 20.3 Å². The van der Waals surface area contributed by atoms with Crippen LogP contribution in [0.25, 0.3) is 0 Å². The van der Waals surface area contributed by atoms with Crippen LogP contribution in [0.15, 0.2) is 18.2 Å². The van der Waals surface area contributed by atoms with E-state index in [1.54, 1.807) is 23.1 Å². The van der Waals surface area contributed by atoms with E-state index in [2.05, 4.69) is 0 Å². The van der Waals surface area contributed by atoms with Gasteiger partial charge in [-0.05, 0) is 25.0 Å². The van der Waals surface area contributed by atoms with Gasteiger partial charge >= 0.3 is 6.18 Å².